The highest BCUT2D eigenvalue weighted by Gasteiger charge is 2.30. The summed E-state index contributed by atoms with van der Waals surface area (Å²) in [7, 11) is 0. The lowest BCUT2D eigenvalue weighted by Gasteiger charge is -2.31. The van der Waals surface area contributed by atoms with Gasteiger partial charge in [0.25, 0.3) is 0 Å². The number of carbonyl (C=O) groups excluding carboxylic acids is 1. The number of carbonyl (C=O) groups is 1. The highest BCUT2D eigenvalue weighted by Crippen LogP contribution is 2.36. The Labute approximate surface area is 167 Å². The van der Waals surface area contributed by atoms with Crippen molar-refractivity contribution in [1.82, 2.24) is 0 Å². The summed E-state index contributed by atoms with van der Waals surface area (Å²) in [6, 6.07) is 10.5. The number of halogens is 1. The van der Waals surface area contributed by atoms with Crippen LogP contribution in [0.1, 0.15) is 75.3 Å². The summed E-state index contributed by atoms with van der Waals surface area (Å²) in [6.07, 6.45) is 9.41. The Kier molecular flexibility index (Phi) is 7.25. The summed E-state index contributed by atoms with van der Waals surface area (Å²) in [4.78, 5) is 12.5. The number of aryl methyl sites for hydroxylation is 1. The zero-order chi connectivity index (χ0) is 19.9. The first-order chi connectivity index (χ1) is 13.6. The lowest BCUT2D eigenvalue weighted by Crippen LogP contribution is -2.29. The van der Waals surface area contributed by atoms with Gasteiger partial charge in [-0.1, -0.05) is 31.2 Å². The molecule has 0 saturated heterocycles. The van der Waals surface area contributed by atoms with Gasteiger partial charge in [0, 0.05) is 0 Å². The summed E-state index contributed by atoms with van der Waals surface area (Å²) >= 11 is 0. The Bertz CT molecular complexity index is 718. The van der Waals surface area contributed by atoms with Crippen LogP contribution in [0.5, 0.6) is 0 Å². The molecule has 0 N–H and O–H groups in total. The summed E-state index contributed by atoms with van der Waals surface area (Å²) in [6.45, 7) is 2.17. The SMILES string of the molecule is CCc1ccc(C2CCC(OC(=O)C3CCC(C=C(F)C#N)CC3)CC2)cc1. The largest absolute Gasteiger partial charge is 0.462 e. The third-order valence-corrected chi connectivity index (χ3v) is 6.41. The number of allylic oxidation sites excluding steroid dienone is 2. The van der Waals surface area contributed by atoms with Crippen molar-refractivity contribution in [3.63, 3.8) is 0 Å². The van der Waals surface area contributed by atoms with Crippen LogP contribution in [0.4, 0.5) is 4.39 Å². The van der Waals surface area contributed by atoms with Gasteiger partial charge in [0.15, 0.2) is 5.83 Å². The third-order valence-electron chi connectivity index (χ3n) is 6.41. The van der Waals surface area contributed by atoms with Gasteiger partial charge in [-0.15, -0.1) is 0 Å². The highest BCUT2D eigenvalue weighted by atomic mass is 19.1. The molecule has 3 nitrogen and oxygen atoms in total. The standard InChI is InChI=1S/C24H30FNO2/c1-2-17-3-7-19(8-4-17)20-11-13-23(14-12-20)28-24(27)21-9-5-18(6-10-21)15-22(25)16-26/h3-4,7-8,15,18,20-21,23H,2,5-6,9-14H2,1H3. The number of hydrogen-bond acceptors (Lipinski definition) is 3. The number of nitriles is 1. The van der Waals surface area contributed by atoms with E-state index in [1.54, 1.807) is 0 Å². The number of esters is 1. The first-order valence-electron chi connectivity index (χ1n) is 10.7. The molecule has 2 saturated carbocycles. The number of ether oxygens (including phenoxy) is 1. The molecule has 0 heterocycles. The van der Waals surface area contributed by atoms with Gasteiger partial charge >= 0.3 is 5.97 Å². The van der Waals surface area contributed by atoms with E-state index in [0.717, 1.165) is 57.8 Å². The molecule has 0 atom stereocenters. The van der Waals surface area contributed by atoms with Gasteiger partial charge in [-0.3, -0.25) is 4.79 Å². The van der Waals surface area contributed by atoms with E-state index in [2.05, 4.69) is 31.2 Å². The molecular formula is C24H30FNO2. The molecule has 4 heteroatoms. The minimum atomic E-state index is -0.716. The van der Waals surface area contributed by atoms with E-state index in [1.807, 2.05) is 0 Å². The Morgan fingerprint density at radius 1 is 1.11 bits per heavy atom. The van der Waals surface area contributed by atoms with E-state index in [-0.39, 0.29) is 23.9 Å². The Morgan fingerprint density at radius 2 is 1.75 bits per heavy atom. The maximum atomic E-state index is 13.1. The van der Waals surface area contributed by atoms with Gasteiger partial charge in [0.2, 0.25) is 0 Å². The lowest BCUT2D eigenvalue weighted by atomic mass is 9.81. The van der Waals surface area contributed by atoms with Crippen molar-refractivity contribution in [3.05, 3.63) is 47.3 Å². The molecule has 0 aliphatic heterocycles. The quantitative estimate of drug-likeness (QED) is 0.463. The Morgan fingerprint density at radius 3 is 2.32 bits per heavy atom. The average molecular weight is 384 g/mol. The van der Waals surface area contributed by atoms with Crippen molar-refractivity contribution in [1.29, 1.82) is 5.26 Å². The van der Waals surface area contributed by atoms with E-state index in [1.165, 1.54) is 23.3 Å². The van der Waals surface area contributed by atoms with E-state index in [4.69, 9.17) is 10.00 Å². The van der Waals surface area contributed by atoms with Crippen LogP contribution >= 0.6 is 0 Å². The zero-order valence-corrected chi connectivity index (χ0v) is 16.7. The smallest absolute Gasteiger partial charge is 0.309 e. The second kappa shape index (κ2) is 9.87. The van der Waals surface area contributed by atoms with Crippen molar-refractivity contribution in [2.75, 3.05) is 0 Å². The summed E-state index contributed by atoms with van der Waals surface area (Å²) in [5, 5.41) is 8.54. The van der Waals surface area contributed by atoms with Gasteiger partial charge in [0.05, 0.1) is 5.92 Å². The van der Waals surface area contributed by atoms with Crippen molar-refractivity contribution >= 4 is 5.97 Å². The molecular weight excluding hydrogens is 353 g/mol. The fourth-order valence-corrected chi connectivity index (χ4v) is 4.57. The Hall–Kier alpha value is -2.15. The lowest BCUT2D eigenvalue weighted by molar-refractivity contribution is -0.157. The first kappa shape index (κ1) is 20.6. The number of rotatable bonds is 5. The molecule has 1 aromatic carbocycles. The molecule has 0 spiro atoms. The van der Waals surface area contributed by atoms with Crippen LogP contribution in [0.25, 0.3) is 0 Å². The van der Waals surface area contributed by atoms with E-state index >= 15 is 0 Å². The summed E-state index contributed by atoms with van der Waals surface area (Å²) in [5.41, 5.74) is 2.77. The number of hydrogen-bond donors (Lipinski definition) is 0. The first-order valence-corrected chi connectivity index (χ1v) is 10.7. The molecule has 28 heavy (non-hydrogen) atoms. The van der Waals surface area contributed by atoms with Crippen LogP contribution in [0.2, 0.25) is 0 Å². The average Bonchev–Trinajstić information content (AvgIpc) is 2.74. The molecule has 1 aromatic rings. The monoisotopic (exact) mass is 383 g/mol. The summed E-state index contributed by atoms with van der Waals surface area (Å²) < 4.78 is 18.9. The molecule has 0 radical (unpaired) electrons. The normalized spacial score (nSPS) is 28.4. The van der Waals surface area contributed by atoms with Crippen LogP contribution in [0.15, 0.2) is 36.2 Å². The predicted octanol–water partition coefficient (Wildman–Crippen LogP) is 6.00. The molecule has 2 fully saturated rings. The molecule has 0 bridgehead atoms. The molecule has 0 unspecified atom stereocenters. The van der Waals surface area contributed by atoms with Crippen molar-refractivity contribution < 1.29 is 13.9 Å². The van der Waals surface area contributed by atoms with Crippen LogP contribution < -0.4 is 0 Å². The van der Waals surface area contributed by atoms with Crippen molar-refractivity contribution in [2.24, 2.45) is 11.8 Å². The maximum absolute atomic E-state index is 13.1. The van der Waals surface area contributed by atoms with Gasteiger partial charge < -0.3 is 4.74 Å². The summed E-state index contributed by atoms with van der Waals surface area (Å²) in [5.74, 6) is -0.239. The van der Waals surface area contributed by atoms with E-state index < -0.39 is 5.83 Å². The molecule has 0 amide bonds. The predicted molar refractivity (Wildman–Crippen MR) is 107 cm³/mol. The number of benzene rings is 1. The van der Waals surface area contributed by atoms with Crippen molar-refractivity contribution in [2.45, 2.75) is 76.7 Å². The molecule has 2 aliphatic rings. The minimum absolute atomic E-state index is 0.0346. The fourth-order valence-electron chi connectivity index (χ4n) is 4.57. The minimum Gasteiger partial charge on any atom is -0.462 e. The number of nitrogens with zero attached hydrogens (tertiary/aromatic N) is 1. The van der Waals surface area contributed by atoms with Crippen LogP contribution in [0.3, 0.4) is 0 Å². The second-order valence-electron chi connectivity index (χ2n) is 8.24. The van der Waals surface area contributed by atoms with Crippen LogP contribution in [0, 0.1) is 23.2 Å². The van der Waals surface area contributed by atoms with E-state index in [9.17, 15) is 9.18 Å². The maximum Gasteiger partial charge on any atom is 0.309 e. The molecule has 3 rings (SSSR count). The molecule has 0 aromatic heterocycles. The third kappa shape index (κ3) is 5.44. The fraction of sp³-hybridized carbons (Fsp3) is 0.583. The van der Waals surface area contributed by atoms with Gasteiger partial charge in [0.1, 0.15) is 12.2 Å². The highest BCUT2D eigenvalue weighted by molar-refractivity contribution is 5.72. The molecule has 2 aliphatic carbocycles. The molecule has 150 valence electrons. The van der Waals surface area contributed by atoms with Crippen LogP contribution in [-0.4, -0.2) is 12.1 Å². The van der Waals surface area contributed by atoms with Crippen molar-refractivity contribution in [3.8, 4) is 6.07 Å². The van der Waals surface area contributed by atoms with Crippen LogP contribution in [-0.2, 0) is 16.0 Å². The second-order valence-corrected chi connectivity index (χ2v) is 8.24. The Balaban J connectivity index is 1.42. The van der Waals surface area contributed by atoms with E-state index in [0.29, 0.717) is 5.92 Å². The zero-order valence-electron chi connectivity index (χ0n) is 16.7. The van der Waals surface area contributed by atoms with Gasteiger partial charge in [-0.2, -0.15) is 9.65 Å². The topological polar surface area (TPSA) is 50.1 Å². The van der Waals surface area contributed by atoms with Gasteiger partial charge in [-0.25, -0.2) is 0 Å². The van der Waals surface area contributed by atoms with Gasteiger partial charge in [-0.05, 0) is 86.8 Å².